The van der Waals surface area contributed by atoms with Crippen LogP contribution in [0.3, 0.4) is 0 Å². The number of halogens is 2. The largest absolute Gasteiger partial charge is 0.457 e. The number of hydrogen-bond acceptors (Lipinski definition) is 2. The molecule has 4 heteroatoms. The summed E-state index contributed by atoms with van der Waals surface area (Å²) in [5.74, 6) is 0.0572. The van der Waals surface area contributed by atoms with Crippen molar-refractivity contribution in [1.82, 2.24) is 0 Å². The maximum absolute atomic E-state index is 13.6. The molecule has 0 atom stereocenters. The van der Waals surface area contributed by atoms with Gasteiger partial charge in [0, 0.05) is 6.07 Å². The number of ether oxygens (including phenoxy) is 2. The molecular weight excluding hydrogens is 274 g/mol. The van der Waals surface area contributed by atoms with E-state index in [2.05, 4.69) is 0 Å². The van der Waals surface area contributed by atoms with Gasteiger partial charge in [-0.2, -0.15) is 0 Å². The summed E-state index contributed by atoms with van der Waals surface area (Å²) in [6.45, 7) is 6.09. The van der Waals surface area contributed by atoms with Gasteiger partial charge in [0.1, 0.15) is 23.1 Å². The number of rotatable bonds is 4. The molecule has 0 aliphatic heterocycles. The van der Waals surface area contributed by atoms with Crippen LogP contribution in [0.25, 0.3) is 0 Å². The van der Waals surface area contributed by atoms with Crippen LogP contribution >= 0.6 is 0 Å². The van der Waals surface area contributed by atoms with Crippen molar-refractivity contribution in [3.8, 4) is 11.5 Å². The molecule has 0 saturated carbocycles. The van der Waals surface area contributed by atoms with E-state index in [4.69, 9.17) is 9.47 Å². The van der Waals surface area contributed by atoms with Gasteiger partial charge in [-0.15, -0.1) is 0 Å². The fourth-order valence-electron chi connectivity index (χ4n) is 1.70. The highest BCUT2D eigenvalue weighted by atomic mass is 19.1. The Balaban J connectivity index is 2.13. The fraction of sp³-hybridized carbons (Fsp3) is 0.294. The molecule has 0 heterocycles. The Morgan fingerprint density at radius 2 is 1.52 bits per heavy atom. The Labute approximate surface area is 123 Å². The van der Waals surface area contributed by atoms with Crippen LogP contribution in [0.2, 0.25) is 0 Å². The zero-order valence-electron chi connectivity index (χ0n) is 12.3. The van der Waals surface area contributed by atoms with Crippen molar-refractivity contribution in [2.24, 2.45) is 0 Å². The van der Waals surface area contributed by atoms with Crippen LogP contribution < -0.4 is 4.74 Å². The normalized spacial score (nSPS) is 11.5. The minimum atomic E-state index is -0.401. The molecule has 0 unspecified atom stereocenters. The lowest BCUT2D eigenvalue weighted by Crippen LogP contribution is -2.18. The highest BCUT2D eigenvalue weighted by Crippen LogP contribution is 2.25. The molecular formula is C17H18F2O2. The van der Waals surface area contributed by atoms with Crippen LogP contribution in [-0.2, 0) is 11.3 Å². The first-order valence-corrected chi connectivity index (χ1v) is 6.69. The van der Waals surface area contributed by atoms with Crippen molar-refractivity contribution in [2.45, 2.75) is 33.0 Å². The highest BCUT2D eigenvalue weighted by Gasteiger charge is 2.11. The van der Waals surface area contributed by atoms with Gasteiger partial charge < -0.3 is 9.47 Å². The summed E-state index contributed by atoms with van der Waals surface area (Å²) >= 11 is 0. The average Bonchev–Trinajstić information content (AvgIpc) is 2.38. The Morgan fingerprint density at radius 1 is 0.857 bits per heavy atom. The van der Waals surface area contributed by atoms with E-state index in [9.17, 15) is 8.78 Å². The first kappa shape index (κ1) is 15.4. The van der Waals surface area contributed by atoms with E-state index in [0.717, 1.165) is 0 Å². The second-order valence-electron chi connectivity index (χ2n) is 5.75. The first-order chi connectivity index (χ1) is 9.82. The molecule has 0 N–H and O–H groups in total. The van der Waals surface area contributed by atoms with Gasteiger partial charge in [0.2, 0.25) is 0 Å². The summed E-state index contributed by atoms with van der Waals surface area (Å²) in [7, 11) is 0. The predicted octanol–water partition coefficient (Wildman–Crippen LogP) is 5.07. The maximum Gasteiger partial charge on any atom is 0.130 e. The van der Waals surface area contributed by atoms with E-state index in [0.29, 0.717) is 23.7 Å². The fourth-order valence-corrected chi connectivity index (χ4v) is 1.70. The standard InChI is InChI=1S/C17H18F2O2/c1-17(2,3)20-11-12-8-14(19)10-16(9-12)21-15-6-4-13(18)5-7-15/h4-10H,11H2,1-3H3. The molecule has 112 valence electrons. The second-order valence-corrected chi connectivity index (χ2v) is 5.75. The molecule has 2 nitrogen and oxygen atoms in total. The van der Waals surface area contributed by atoms with Crippen molar-refractivity contribution >= 4 is 0 Å². The van der Waals surface area contributed by atoms with E-state index in [1.54, 1.807) is 6.07 Å². The Kier molecular flexibility index (Phi) is 4.58. The molecule has 0 aromatic heterocycles. The molecule has 2 aromatic rings. The molecule has 0 radical (unpaired) electrons. The van der Waals surface area contributed by atoms with Gasteiger partial charge in [-0.25, -0.2) is 8.78 Å². The Morgan fingerprint density at radius 3 is 2.14 bits per heavy atom. The molecule has 2 rings (SSSR count). The molecule has 21 heavy (non-hydrogen) atoms. The van der Waals surface area contributed by atoms with E-state index in [1.807, 2.05) is 20.8 Å². The smallest absolute Gasteiger partial charge is 0.130 e. The summed E-state index contributed by atoms with van der Waals surface area (Å²) in [4.78, 5) is 0. The minimum Gasteiger partial charge on any atom is -0.457 e. The first-order valence-electron chi connectivity index (χ1n) is 6.69. The van der Waals surface area contributed by atoms with Crippen LogP contribution in [0.4, 0.5) is 8.78 Å². The quantitative estimate of drug-likeness (QED) is 0.783. The van der Waals surface area contributed by atoms with Gasteiger partial charge in [-0.1, -0.05) is 0 Å². The van der Waals surface area contributed by atoms with Crippen LogP contribution in [0.5, 0.6) is 11.5 Å². The summed E-state index contributed by atoms with van der Waals surface area (Å²) in [5, 5.41) is 0. The lowest BCUT2D eigenvalue weighted by atomic mass is 10.1. The van der Waals surface area contributed by atoms with Crippen LogP contribution in [0.15, 0.2) is 42.5 Å². The zero-order valence-corrected chi connectivity index (χ0v) is 12.3. The Hall–Kier alpha value is -1.94. The second kappa shape index (κ2) is 6.22. The van der Waals surface area contributed by atoms with Crippen LogP contribution in [-0.4, -0.2) is 5.60 Å². The molecule has 0 spiro atoms. The van der Waals surface area contributed by atoms with E-state index >= 15 is 0 Å². The van der Waals surface area contributed by atoms with E-state index in [1.165, 1.54) is 36.4 Å². The van der Waals surface area contributed by atoms with Crippen molar-refractivity contribution in [2.75, 3.05) is 0 Å². The Bertz CT molecular complexity index is 601. The predicted molar refractivity (Wildman–Crippen MR) is 77.4 cm³/mol. The highest BCUT2D eigenvalue weighted by molar-refractivity contribution is 5.34. The zero-order chi connectivity index (χ0) is 15.5. The van der Waals surface area contributed by atoms with Gasteiger partial charge in [0.05, 0.1) is 12.2 Å². The topological polar surface area (TPSA) is 18.5 Å². The molecule has 0 aliphatic rings. The summed E-state index contributed by atoms with van der Waals surface area (Å²) < 4.78 is 37.6. The summed E-state index contributed by atoms with van der Waals surface area (Å²) in [6, 6.07) is 9.96. The molecule has 0 bridgehead atoms. The van der Waals surface area contributed by atoms with Gasteiger partial charge in [-0.05, 0) is 62.7 Å². The van der Waals surface area contributed by atoms with E-state index < -0.39 is 5.82 Å². The molecule has 0 saturated heterocycles. The molecule has 2 aromatic carbocycles. The monoisotopic (exact) mass is 292 g/mol. The van der Waals surface area contributed by atoms with E-state index in [-0.39, 0.29) is 11.4 Å². The van der Waals surface area contributed by atoms with Crippen molar-refractivity contribution < 1.29 is 18.3 Å². The van der Waals surface area contributed by atoms with Crippen LogP contribution in [0.1, 0.15) is 26.3 Å². The van der Waals surface area contributed by atoms with Crippen molar-refractivity contribution in [3.63, 3.8) is 0 Å². The van der Waals surface area contributed by atoms with Gasteiger partial charge in [0.25, 0.3) is 0 Å². The SMILES string of the molecule is CC(C)(C)OCc1cc(F)cc(Oc2ccc(F)cc2)c1. The molecule has 0 amide bonds. The summed E-state index contributed by atoms with van der Waals surface area (Å²) in [6.07, 6.45) is 0. The summed E-state index contributed by atoms with van der Waals surface area (Å²) in [5.41, 5.74) is 0.381. The average molecular weight is 292 g/mol. The number of hydrogen-bond donors (Lipinski definition) is 0. The minimum absolute atomic E-state index is 0.293. The lowest BCUT2D eigenvalue weighted by Gasteiger charge is -2.19. The van der Waals surface area contributed by atoms with Gasteiger partial charge in [-0.3, -0.25) is 0 Å². The molecule has 0 fully saturated rings. The van der Waals surface area contributed by atoms with Crippen molar-refractivity contribution in [1.29, 1.82) is 0 Å². The van der Waals surface area contributed by atoms with Crippen LogP contribution in [0, 0.1) is 11.6 Å². The number of benzene rings is 2. The van der Waals surface area contributed by atoms with Crippen molar-refractivity contribution in [3.05, 3.63) is 59.7 Å². The lowest BCUT2D eigenvalue weighted by molar-refractivity contribution is -0.0151. The maximum atomic E-state index is 13.6. The third kappa shape index (κ3) is 5.16. The van der Waals surface area contributed by atoms with Gasteiger partial charge >= 0.3 is 0 Å². The third-order valence-corrected chi connectivity index (χ3v) is 2.65. The molecule has 0 aliphatic carbocycles. The third-order valence-electron chi connectivity index (χ3n) is 2.65. The van der Waals surface area contributed by atoms with Gasteiger partial charge in [0.15, 0.2) is 0 Å².